The Kier molecular flexibility index (Phi) is 8.30. The van der Waals surface area contributed by atoms with Gasteiger partial charge in [0.15, 0.2) is 0 Å². The smallest absolute Gasteiger partial charge is 0.270 e. The highest BCUT2D eigenvalue weighted by molar-refractivity contribution is 7.98. The lowest BCUT2D eigenvalue weighted by atomic mass is 10.1. The molecule has 0 saturated heterocycles. The van der Waals surface area contributed by atoms with Gasteiger partial charge in [0.05, 0.1) is 13.0 Å². The van der Waals surface area contributed by atoms with Gasteiger partial charge < -0.3 is 10.6 Å². The third-order valence-corrected chi connectivity index (χ3v) is 6.16. The summed E-state index contributed by atoms with van der Waals surface area (Å²) in [6.07, 6.45) is 3.03. The molecule has 5 nitrogen and oxygen atoms in total. The maximum Gasteiger partial charge on any atom is 0.270 e. The molecular formula is C22H22ClN3O2S2. The third kappa shape index (κ3) is 6.86. The fraction of sp³-hybridized carbons (Fsp3) is 0.227. The number of nitrogens with one attached hydrogen (secondary N) is 2. The quantitative estimate of drug-likeness (QED) is 0.467. The van der Waals surface area contributed by atoms with Gasteiger partial charge in [-0.25, -0.2) is 4.98 Å². The summed E-state index contributed by atoms with van der Waals surface area (Å²) in [6, 6.07) is 15.5. The van der Waals surface area contributed by atoms with E-state index < -0.39 is 0 Å². The first-order chi connectivity index (χ1) is 14.5. The van der Waals surface area contributed by atoms with Crippen molar-refractivity contribution in [1.82, 2.24) is 15.6 Å². The maximum atomic E-state index is 12.3. The van der Waals surface area contributed by atoms with Gasteiger partial charge in [0, 0.05) is 21.8 Å². The summed E-state index contributed by atoms with van der Waals surface area (Å²) in [7, 11) is 0. The molecule has 0 atom stereocenters. The van der Waals surface area contributed by atoms with Gasteiger partial charge in [-0.15, -0.1) is 23.1 Å². The first kappa shape index (κ1) is 22.3. The minimum Gasteiger partial charge on any atom is -0.350 e. The number of hydrogen-bond acceptors (Lipinski definition) is 5. The number of aromatic nitrogens is 1. The second-order valence-electron chi connectivity index (χ2n) is 6.56. The van der Waals surface area contributed by atoms with Crippen molar-refractivity contribution in [2.45, 2.75) is 24.3 Å². The molecule has 1 heterocycles. The number of carbonyl (C=O) groups is 2. The predicted molar refractivity (Wildman–Crippen MR) is 123 cm³/mol. The third-order valence-electron chi connectivity index (χ3n) is 4.33. The van der Waals surface area contributed by atoms with Gasteiger partial charge in [0.25, 0.3) is 5.91 Å². The first-order valence-corrected chi connectivity index (χ1v) is 11.9. The lowest BCUT2D eigenvalue weighted by molar-refractivity contribution is -0.120. The topological polar surface area (TPSA) is 71.1 Å². The zero-order chi connectivity index (χ0) is 21.3. The van der Waals surface area contributed by atoms with Gasteiger partial charge in [-0.2, -0.15) is 0 Å². The van der Waals surface area contributed by atoms with Crippen molar-refractivity contribution in [2.24, 2.45) is 0 Å². The lowest BCUT2D eigenvalue weighted by Gasteiger charge is -2.05. The number of halogens is 1. The molecule has 0 aliphatic rings. The van der Waals surface area contributed by atoms with E-state index in [0.717, 1.165) is 11.1 Å². The average molecular weight is 460 g/mol. The predicted octanol–water partition coefficient (Wildman–Crippen LogP) is 4.35. The van der Waals surface area contributed by atoms with Crippen LogP contribution >= 0.6 is 34.7 Å². The van der Waals surface area contributed by atoms with Crippen LogP contribution in [0.5, 0.6) is 0 Å². The van der Waals surface area contributed by atoms with Crippen LogP contribution in [0.4, 0.5) is 0 Å². The summed E-state index contributed by atoms with van der Waals surface area (Å²) in [5, 5.41) is 8.80. The van der Waals surface area contributed by atoms with E-state index in [1.165, 1.54) is 16.2 Å². The molecule has 0 unspecified atom stereocenters. The number of nitrogens with zero attached hydrogens (tertiary/aromatic N) is 1. The Bertz CT molecular complexity index is 1010. The van der Waals surface area contributed by atoms with E-state index in [1.54, 1.807) is 17.1 Å². The molecule has 0 spiro atoms. The van der Waals surface area contributed by atoms with Gasteiger partial charge in [-0.05, 0) is 48.1 Å². The first-order valence-electron chi connectivity index (χ1n) is 9.40. The molecule has 0 fully saturated rings. The van der Waals surface area contributed by atoms with Crippen LogP contribution in [0, 0.1) is 0 Å². The lowest BCUT2D eigenvalue weighted by Crippen LogP contribution is -2.26. The molecule has 1 aromatic heterocycles. The van der Waals surface area contributed by atoms with Gasteiger partial charge in [0.1, 0.15) is 10.7 Å². The van der Waals surface area contributed by atoms with Crippen molar-refractivity contribution < 1.29 is 9.59 Å². The van der Waals surface area contributed by atoms with Crippen molar-refractivity contribution in [3.8, 4) is 0 Å². The highest BCUT2D eigenvalue weighted by Crippen LogP contribution is 2.15. The van der Waals surface area contributed by atoms with E-state index >= 15 is 0 Å². The van der Waals surface area contributed by atoms with E-state index in [-0.39, 0.29) is 11.8 Å². The summed E-state index contributed by atoms with van der Waals surface area (Å²) < 4.78 is 0. The molecule has 3 aromatic rings. The van der Waals surface area contributed by atoms with Crippen molar-refractivity contribution in [3.63, 3.8) is 0 Å². The number of carbonyl (C=O) groups excluding carboxylic acids is 2. The molecule has 0 aliphatic carbocycles. The molecule has 2 aromatic carbocycles. The average Bonchev–Trinajstić information content (AvgIpc) is 3.22. The minimum absolute atomic E-state index is 0.0744. The van der Waals surface area contributed by atoms with Crippen LogP contribution in [0.2, 0.25) is 5.02 Å². The summed E-state index contributed by atoms with van der Waals surface area (Å²) in [4.78, 5) is 29.9. The standard InChI is InChI=1S/C22H22ClN3O2S2/c1-29-18-7-5-16(6-8-18)12-20(27)25-13-21-26-19(14-30-21)22(28)24-10-9-15-3-2-4-17(23)11-15/h2-8,11,14H,9-10,12-13H2,1H3,(H,24,28)(H,25,27). The molecule has 156 valence electrons. The van der Waals surface area contributed by atoms with E-state index in [2.05, 4.69) is 15.6 Å². The van der Waals surface area contributed by atoms with Crippen molar-refractivity contribution in [3.05, 3.63) is 80.8 Å². The van der Waals surface area contributed by atoms with E-state index in [1.807, 2.05) is 54.8 Å². The monoisotopic (exact) mass is 459 g/mol. The molecule has 0 bridgehead atoms. The van der Waals surface area contributed by atoms with Gasteiger partial charge in [-0.3, -0.25) is 9.59 Å². The molecule has 2 N–H and O–H groups in total. The maximum absolute atomic E-state index is 12.3. The fourth-order valence-electron chi connectivity index (χ4n) is 2.77. The number of thiazole rings is 1. The SMILES string of the molecule is CSc1ccc(CC(=O)NCc2nc(C(=O)NCCc3cccc(Cl)c3)cs2)cc1. The van der Waals surface area contributed by atoms with Crippen molar-refractivity contribution >= 4 is 46.5 Å². The highest BCUT2D eigenvalue weighted by atomic mass is 35.5. The number of thioether (sulfide) groups is 1. The highest BCUT2D eigenvalue weighted by Gasteiger charge is 2.11. The van der Waals surface area contributed by atoms with Crippen molar-refractivity contribution in [1.29, 1.82) is 0 Å². The van der Waals surface area contributed by atoms with E-state index in [4.69, 9.17) is 11.6 Å². The minimum atomic E-state index is -0.222. The molecule has 3 rings (SSSR count). The summed E-state index contributed by atoms with van der Waals surface area (Å²) in [5.74, 6) is -0.297. The zero-order valence-electron chi connectivity index (χ0n) is 16.5. The van der Waals surface area contributed by atoms with Crippen LogP contribution in [0.1, 0.15) is 26.6 Å². The molecule has 30 heavy (non-hydrogen) atoms. The van der Waals surface area contributed by atoms with Crippen LogP contribution < -0.4 is 10.6 Å². The fourth-order valence-corrected chi connectivity index (χ4v) is 4.10. The Balaban J connectivity index is 1.42. The Morgan fingerprint density at radius 2 is 1.90 bits per heavy atom. The number of hydrogen-bond donors (Lipinski definition) is 2. The zero-order valence-corrected chi connectivity index (χ0v) is 18.9. The van der Waals surface area contributed by atoms with Crippen molar-refractivity contribution in [2.75, 3.05) is 12.8 Å². The van der Waals surface area contributed by atoms with E-state index in [0.29, 0.717) is 41.7 Å². The molecular weight excluding hydrogens is 438 g/mol. The Labute approximate surface area is 189 Å². The molecule has 8 heteroatoms. The number of amides is 2. The largest absolute Gasteiger partial charge is 0.350 e. The van der Waals surface area contributed by atoms with Crippen LogP contribution in [0.3, 0.4) is 0 Å². The Morgan fingerprint density at radius 3 is 2.63 bits per heavy atom. The Hall–Kier alpha value is -2.35. The van der Waals surface area contributed by atoms with Crippen LogP contribution in [0.15, 0.2) is 58.8 Å². The number of rotatable bonds is 9. The van der Waals surface area contributed by atoms with Gasteiger partial charge in [0.2, 0.25) is 5.91 Å². The molecule has 0 radical (unpaired) electrons. The van der Waals surface area contributed by atoms with Crippen LogP contribution in [0.25, 0.3) is 0 Å². The number of benzene rings is 2. The second-order valence-corrected chi connectivity index (χ2v) is 8.82. The summed E-state index contributed by atoms with van der Waals surface area (Å²) in [5.41, 5.74) is 2.39. The molecule has 0 aliphatic heterocycles. The van der Waals surface area contributed by atoms with Crippen LogP contribution in [-0.2, 0) is 24.2 Å². The normalized spacial score (nSPS) is 10.6. The second kappa shape index (κ2) is 11.2. The molecule has 0 saturated carbocycles. The van der Waals surface area contributed by atoms with Gasteiger partial charge in [-0.1, -0.05) is 35.9 Å². The van der Waals surface area contributed by atoms with E-state index in [9.17, 15) is 9.59 Å². The summed E-state index contributed by atoms with van der Waals surface area (Å²) >= 11 is 8.99. The van der Waals surface area contributed by atoms with Crippen LogP contribution in [-0.4, -0.2) is 29.6 Å². The van der Waals surface area contributed by atoms with Gasteiger partial charge >= 0.3 is 0 Å². The Morgan fingerprint density at radius 1 is 1.10 bits per heavy atom. The molecule has 2 amide bonds. The summed E-state index contributed by atoms with van der Waals surface area (Å²) in [6.45, 7) is 0.806.